The third kappa shape index (κ3) is 1.87. The summed E-state index contributed by atoms with van der Waals surface area (Å²) in [6.45, 7) is -1.20. The first kappa shape index (κ1) is 14.1. The molecule has 0 aromatic carbocycles. The zero-order chi connectivity index (χ0) is 13.5. The Bertz CT molecular complexity index is 297. The van der Waals surface area contributed by atoms with Crippen LogP contribution in [0, 0.1) is 0 Å². The van der Waals surface area contributed by atoms with Gasteiger partial charge in [-0.2, -0.15) is 0 Å². The average molecular weight is 263 g/mol. The highest BCUT2D eigenvalue weighted by molar-refractivity contribution is 5.12. The molecule has 0 aliphatic carbocycles. The van der Waals surface area contributed by atoms with Gasteiger partial charge in [0, 0.05) is 6.04 Å². The van der Waals surface area contributed by atoms with Gasteiger partial charge in [0.15, 0.2) is 0 Å². The van der Waals surface area contributed by atoms with E-state index < -0.39 is 49.1 Å². The number of piperidine rings is 1. The Morgan fingerprint density at radius 1 is 1.00 bits per heavy atom. The lowest BCUT2D eigenvalue weighted by Gasteiger charge is -2.50. The van der Waals surface area contributed by atoms with Gasteiger partial charge in [-0.25, -0.2) is 0 Å². The standard InChI is InChI=1S/C11H21NO6/c13-3-8-10(18)9(17)7-1-6(16)2-11(4-14,5-15)12(7)8/h6-10,13-18H,1-5H2/t6-,7-,8-,9-,10+/m0/s1. The molecule has 0 spiro atoms. The predicted molar refractivity (Wildman–Crippen MR) is 60.7 cm³/mol. The maximum absolute atomic E-state index is 9.96. The van der Waals surface area contributed by atoms with Crippen molar-refractivity contribution in [3.05, 3.63) is 0 Å². The number of hydrogen-bond acceptors (Lipinski definition) is 7. The molecule has 6 N–H and O–H groups in total. The van der Waals surface area contributed by atoms with Gasteiger partial charge in [0.1, 0.15) is 0 Å². The van der Waals surface area contributed by atoms with Gasteiger partial charge in [-0.05, 0) is 12.8 Å². The summed E-state index contributed by atoms with van der Waals surface area (Å²) < 4.78 is 0. The summed E-state index contributed by atoms with van der Waals surface area (Å²) in [5.41, 5.74) is -1.12. The Morgan fingerprint density at radius 3 is 2.11 bits per heavy atom. The Hall–Kier alpha value is -0.280. The Morgan fingerprint density at radius 2 is 1.61 bits per heavy atom. The van der Waals surface area contributed by atoms with Crippen molar-refractivity contribution in [2.45, 2.75) is 48.8 Å². The summed E-state index contributed by atoms with van der Waals surface area (Å²) in [7, 11) is 0. The molecule has 0 aromatic heterocycles. The van der Waals surface area contributed by atoms with Crippen molar-refractivity contribution < 1.29 is 30.6 Å². The molecule has 2 saturated heterocycles. The summed E-state index contributed by atoms with van der Waals surface area (Å²) >= 11 is 0. The fourth-order valence-electron chi connectivity index (χ4n) is 3.43. The molecular weight excluding hydrogens is 242 g/mol. The normalized spacial score (nSPS) is 44.0. The summed E-state index contributed by atoms with van der Waals surface area (Å²) in [5, 5.41) is 58.1. The van der Waals surface area contributed by atoms with E-state index in [2.05, 4.69) is 0 Å². The zero-order valence-corrected chi connectivity index (χ0v) is 10.1. The van der Waals surface area contributed by atoms with Crippen LogP contribution < -0.4 is 0 Å². The van der Waals surface area contributed by atoms with Crippen molar-refractivity contribution in [2.24, 2.45) is 0 Å². The second kappa shape index (κ2) is 5.01. The van der Waals surface area contributed by atoms with E-state index in [1.54, 1.807) is 4.90 Å². The predicted octanol–water partition coefficient (Wildman–Crippen LogP) is -3.37. The van der Waals surface area contributed by atoms with Gasteiger partial charge in [-0.1, -0.05) is 0 Å². The Labute approximate surface area is 105 Å². The molecule has 0 amide bonds. The molecule has 0 saturated carbocycles. The molecule has 2 aliphatic heterocycles. The third-order valence-electron chi connectivity index (χ3n) is 4.31. The number of aliphatic hydroxyl groups excluding tert-OH is 6. The quantitative estimate of drug-likeness (QED) is 0.314. The smallest absolute Gasteiger partial charge is 0.0991 e. The van der Waals surface area contributed by atoms with E-state index in [0.29, 0.717) is 0 Å². The molecule has 0 unspecified atom stereocenters. The molecule has 2 aliphatic rings. The minimum atomic E-state index is -1.15. The lowest BCUT2D eigenvalue weighted by atomic mass is 9.82. The van der Waals surface area contributed by atoms with Crippen molar-refractivity contribution in [1.82, 2.24) is 4.90 Å². The number of rotatable bonds is 3. The number of nitrogens with zero attached hydrogens (tertiary/aromatic N) is 1. The molecule has 7 nitrogen and oxygen atoms in total. The van der Waals surface area contributed by atoms with Crippen LogP contribution in [0.3, 0.4) is 0 Å². The van der Waals surface area contributed by atoms with E-state index in [1.165, 1.54) is 0 Å². The maximum atomic E-state index is 9.96. The second-order valence-electron chi connectivity index (χ2n) is 5.34. The van der Waals surface area contributed by atoms with E-state index in [9.17, 15) is 30.6 Å². The summed E-state index contributed by atoms with van der Waals surface area (Å²) in [6.07, 6.45) is -2.62. The fraction of sp³-hybridized carbons (Fsp3) is 1.00. The molecular formula is C11H21NO6. The molecule has 106 valence electrons. The van der Waals surface area contributed by atoms with Crippen molar-refractivity contribution >= 4 is 0 Å². The number of hydrogen-bond donors (Lipinski definition) is 6. The fourth-order valence-corrected chi connectivity index (χ4v) is 3.43. The number of aliphatic hydroxyl groups is 6. The van der Waals surface area contributed by atoms with Gasteiger partial charge in [0.05, 0.1) is 49.7 Å². The largest absolute Gasteiger partial charge is 0.395 e. The third-order valence-corrected chi connectivity index (χ3v) is 4.31. The van der Waals surface area contributed by atoms with Gasteiger partial charge in [0.25, 0.3) is 0 Å². The Balaban J connectivity index is 2.37. The number of fused-ring (bicyclic) bond motifs is 1. The van der Waals surface area contributed by atoms with E-state index in [1.807, 2.05) is 0 Å². The van der Waals surface area contributed by atoms with Crippen molar-refractivity contribution in [3.63, 3.8) is 0 Å². The highest BCUT2D eigenvalue weighted by Crippen LogP contribution is 2.41. The second-order valence-corrected chi connectivity index (χ2v) is 5.34. The maximum Gasteiger partial charge on any atom is 0.0991 e. The van der Waals surface area contributed by atoms with Crippen LogP contribution in [0.5, 0.6) is 0 Å². The van der Waals surface area contributed by atoms with Crippen LogP contribution in [0.2, 0.25) is 0 Å². The molecule has 0 bridgehead atoms. The topological polar surface area (TPSA) is 125 Å². The minimum Gasteiger partial charge on any atom is -0.395 e. The molecule has 2 heterocycles. The molecule has 0 radical (unpaired) electrons. The van der Waals surface area contributed by atoms with E-state index in [4.69, 9.17) is 0 Å². The van der Waals surface area contributed by atoms with Crippen LogP contribution in [0.1, 0.15) is 12.8 Å². The first-order chi connectivity index (χ1) is 8.50. The van der Waals surface area contributed by atoms with Crippen LogP contribution in [-0.4, -0.2) is 91.3 Å². The van der Waals surface area contributed by atoms with Gasteiger partial charge in [0.2, 0.25) is 0 Å². The highest BCUT2D eigenvalue weighted by atomic mass is 16.3. The zero-order valence-electron chi connectivity index (χ0n) is 10.1. The summed E-state index contributed by atoms with van der Waals surface area (Å²) in [5.74, 6) is 0. The SMILES string of the molecule is OC[C@H]1[C@@H](O)[C@@H](O)[C@@H]2C[C@H](O)CC(CO)(CO)N21. The lowest BCUT2D eigenvalue weighted by Crippen LogP contribution is -2.65. The van der Waals surface area contributed by atoms with E-state index in [0.717, 1.165) is 0 Å². The van der Waals surface area contributed by atoms with Crippen LogP contribution in [0.25, 0.3) is 0 Å². The van der Waals surface area contributed by atoms with Gasteiger partial charge in [-0.3, -0.25) is 4.90 Å². The van der Waals surface area contributed by atoms with Crippen LogP contribution in [0.4, 0.5) is 0 Å². The average Bonchev–Trinajstić information content (AvgIpc) is 2.62. The molecule has 2 rings (SSSR count). The van der Waals surface area contributed by atoms with Crippen LogP contribution >= 0.6 is 0 Å². The van der Waals surface area contributed by atoms with Crippen molar-refractivity contribution in [1.29, 1.82) is 0 Å². The van der Waals surface area contributed by atoms with Gasteiger partial charge in [-0.15, -0.1) is 0 Å². The Kier molecular flexibility index (Phi) is 3.93. The van der Waals surface area contributed by atoms with Crippen LogP contribution in [-0.2, 0) is 0 Å². The summed E-state index contributed by atoms with van der Waals surface area (Å²) in [4.78, 5) is 1.58. The molecule has 0 aromatic rings. The first-order valence-electron chi connectivity index (χ1n) is 6.16. The molecule has 5 atom stereocenters. The van der Waals surface area contributed by atoms with Crippen molar-refractivity contribution in [2.75, 3.05) is 19.8 Å². The summed E-state index contributed by atoms with van der Waals surface area (Å²) in [6, 6.07) is -1.31. The van der Waals surface area contributed by atoms with E-state index in [-0.39, 0.29) is 19.4 Å². The first-order valence-corrected chi connectivity index (χ1v) is 6.16. The lowest BCUT2D eigenvalue weighted by molar-refractivity contribution is -0.121. The van der Waals surface area contributed by atoms with Crippen molar-refractivity contribution in [3.8, 4) is 0 Å². The van der Waals surface area contributed by atoms with Crippen LogP contribution in [0.15, 0.2) is 0 Å². The molecule has 2 fully saturated rings. The molecule has 18 heavy (non-hydrogen) atoms. The van der Waals surface area contributed by atoms with Gasteiger partial charge >= 0.3 is 0 Å². The monoisotopic (exact) mass is 263 g/mol. The minimum absolute atomic E-state index is 0.145. The van der Waals surface area contributed by atoms with E-state index >= 15 is 0 Å². The molecule has 7 heteroatoms. The van der Waals surface area contributed by atoms with Gasteiger partial charge < -0.3 is 30.6 Å². The highest BCUT2D eigenvalue weighted by Gasteiger charge is 2.58.